The number of methoxy groups -OCH3 is 1. The van der Waals surface area contributed by atoms with Crippen molar-refractivity contribution in [3.63, 3.8) is 0 Å². The Bertz CT molecular complexity index is 1240. The Labute approximate surface area is 189 Å². The molecule has 0 aliphatic carbocycles. The zero-order chi connectivity index (χ0) is 22.5. The van der Waals surface area contributed by atoms with Crippen molar-refractivity contribution in [3.05, 3.63) is 78.1 Å². The lowest BCUT2D eigenvalue weighted by Crippen LogP contribution is -2.11. The van der Waals surface area contributed by atoms with Crippen LogP contribution in [-0.4, -0.2) is 28.8 Å². The summed E-state index contributed by atoms with van der Waals surface area (Å²) in [6.07, 6.45) is 0.874. The van der Waals surface area contributed by atoms with Crippen molar-refractivity contribution in [1.29, 1.82) is 0 Å². The van der Waals surface area contributed by atoms with Gasteiger partial charge in [0.25, 0.3) is 0 Å². The fourth-order valence-electron chi connectivity index (χ4n) is 3.14. The third-order valence-corrected chi connectivity index (χ3v) is 5.82. The second-order valence-corrected chi connectivity index (χ2v) is 7.97. The summed E-state index contributed by atoms with van der Waals surface area (Å²) < 4.78 is 23.9. The summed E-state index contributed by atoms with van der Waals surface area (Å²) in [5.41, 5.74) is 2.62. The number of hydrogen-bond acceptors (Lipinski definition) is 6. The minimum atomic E-state index is -0.387. The number of nitrogens with zero attached hydrogens (tertiary/aromatic N) is 2. The molecule has 4 aromatic rings. The molecule has 7 heteroatoms. The van der Waals surface area contributed by atoms with Crippen LogP contribution in [0.1, 0.15) is 12.5 Å². The third-order valence-electron chi connectivity index (χ3n) is 4.85. The summed E-state index contributed by atoms with van der Waals surface area (Å²) in [4.78, 5) is 21.8. The van der Waals surface area contributed by atoms with E-state index in [-0.39, 0.29) is 17.5 Å². The van der Waals surface area contributed by atoms with Crippen molar-refractivity contribution in [2.45, 2.75) is 18.4 Å². The quantitative estimate of drug-likeness (QED) is 0.156. The van der Waals surface area contributed by atoms with Crippen molar-refractivity contribution < 1.29 is 18.7 Å². The minimum absolute atomic E-state index is 0.0807. The van der Waals surface area contributed by atoms with E-state index in [1.807, 2.05) is 18.2 Å². The van der Waals surface area contributed by atoms with Crippen LogP contribution in [0.5, 0.6) is 11.5 Å². The number of ether oxygens (including phenoxy) is 2. The van der Waals surface area contributed by atoms with Gasteiger partial charge in [-0.05, 0) is 72.6 Å². The van der Waals surface area contributed by atoms with Gasteiger partial charge in [-0.3, -0.25) is 4.79 Å². The van der Waals surface area contributed by atoms with Crippen LogP contribution in [0.25, 0.3) is 22.3 Å². The van der Waals surface area contributed by atoms with E-state index in [1.165, 1.54) is 23.9 Å². The Balaban J connectivity index is 1.60. The summed E-state index contributed by atoms with van der Waals surface area (Å²) >= 11 is 1.29. The van der Waals surface area contributed by atoms with Crippen LogP contribution in [0, 0.1) is 5.82 Å². The zero-order valence-corrected chi connectivity index (χ0v) is 18.5. The van der Waals surface area contributed by atoms with Crippen molar-refractivity contribution in [2.75, 3.05) is 12.9 Å². The van der Waals surface area contributed by atoms with Crippen molar-refractivity contribution in [2.24, 2.45) is 0 Å². The first-order valence-electron chi connectivity index (χ1n) is 10.1. The number of hydrogen-bond donors (Lipinski definition) is 0. The van der Waals surface area contributed by atoms with E-state index in [0.717, 1.165) is 22.9 Å². The zero-order valence-electron chi connectivity index (χ0n) is 17.7. The van der Waals surface area contributed by atoms with Crippen molar-refractivity contribution in [3.8, 4) is 22.9 Å². The van der Waals surface area contributed by atoms with E-state index in [2.05, 4.69) is 16.9 Å². The molecule has 1 aromatic heterocycles. The normalized spacial score (nSPS) is 10.8. The average molecular weight is 449 g/mol. The highest BCUT2D eigenvalue weighted by molar-refractivity contribution is 8.00. The SMILES string of the molecule is CCc1ccc2nc(-c3ccc(F)cc3)nc(SCC(=O)Oc3ccc(OC)cc3)c2c1. The molecule has 0 aliphatic rings. The van der Waals surface area contributed by atoms with E-state index >= 15 is 0 Å². The van der Waals surface area contributed by atoms with Crippen LogP contribution in [-0.2, 0) is 11.2 Å². The van der Waals surface area contributed by atoms with Gasteiger partial charge in [0, 0.05) is 10.9 Å². The number of fused-ring (bicyclic) bond motifs is 1. The molecule has 0 atom stereocenters. The van der Waals surface area contributed by atoms with Crippen LogP contribution in [0.2, 0.25) is 0 Å². The van der Waals surface area contributed by atoms with E-state index in [1.54, 1.807) is 43.5 Å². The number of aryl methyl sites for hydroxylation is 1. The predicted molar refractivity (Wildman–Crippen MR) is 124 cm³/mol. The van der Waals surface area contributed by atoms with Crippen molar-refractivity contribution >= 4 is 28.6 Å². The van der Waals surface area contributed by atoms with Crippen LogP contribution >= 0.6 is 11.8 Å². The Kier molecular flexibility index (Phi) is 6.66. The van der Waals surface area contributed by atoms with Crippen molar-refractivity contribution in [1.82, 2.24) is 9.97 Å². The fraction of sp³-hybridized carbons (Fsp3) is 0.160. The molecule has 0 spiro atoms. The van der Waals surface area contributed by atoms with Gasteiger partial charge in [0.05, 0.1) is 18.4 Å². The van der Waals surface area contributed by atoms with Crippen LogP contribution in [0.3, 0.4) is 0 Å². The molecular formula is C25H21FN2O3S. The van der Waals surface area contributed by atoms with Gasteiger partial charge in [-0.1, -0.05) is 24.8 Å². The van der Waals surface area contributed by atoms with Gasteiger partial charge in [0.1, 0.15) is 22.3 Å². The molecular weight excluding hydrogens is 427 g/mol. The van der Waals surface area contributed by atoms with Gasteiger partial charge >= 0.3 is 5.97 Å². The molecule has 0 unspecified atom stereocenters. The van der Waals surface area contributed by atoms with Crippen LogP contribution in [0.15, 0.2) is 71.8 Å². The molecule has 0 amide bonds. The standard InChI is InChI=1S/C25H21FN2O3S/c1-3-16-4-13-22-21(14-16)25(28-24(27-22)17-5-7-18(26)8-6-17)32-15-23(29)31-20-11-9-19(30-2)10-12-20/h4-14H,3,15H2,1-2H3. The van der Waals surface area contributed by atoms with E-state index < -0.39 is 0 Å². The molecule has 0 saturated carbocycles. The number of benzene rings is 3. The first-order valence-corrected chi connectivity index (χ1v) is 11.1. The first kappa shape index (κ1) is 21.8. The molecule has 0 saturated heterocycles. The van der Waals surface area contributed by atoms with Gasteiger partial charge < -0.3 is 9.47 Å². The number of aromatic nitrogens is 2. The molecule has 3 aromatic carbocycles. The second-order valence-electron chi connectivity index (χ2n) is 7.00. The smallest absolute Gasteiger partial charge is 0.321 e. The highest BCUT2D eigenvalue weighted by atomic mass is 32.2. The first-order chi connectivity index (χ1) is 15.6. The van der Waals surface area contributed by atoms with Gasteiger partial charge in [-0.2, -0.15) is 0 Å². The summed E-state index contributed by atoms with van der Waals surface area (Å²) in [5.74, 6) is 0.987. The Morgan fingerprint density at radius 3 is 2.38 bits per heavy atom. The van der Waals surface area contributed by atoms with E-state index in [0.29, 0.717) is 27.9 Å². The second kappa shape index (κ2) is 9.78. The molecule has 0 radical (unpaired) electrons. The molecule has 0 aliphatic heterocycles. The number of carbonyl (C=O) groups excluding carboxylic acids is 1. The topological polar surface area (TPSA) is 61.3 Å². The molecule has 5 nitrogen and oxygen atoms in total. The number of carbonyl (C=O) groups is 1. The average Bonchev–Trinajstić information content (AvgIpc) is 2.83. The van der Waals surface area contributed by atoms with E-state index in [4.69, 9.17) is 9.47 Å². The maximum absolute atomic E-state index is 13.3. The maximum Gasteiger partial charge on any atom is 0.321 e. The molecule has 0 N–H and O–H groups in total. The summed E-state index contributed by atoms with van der Waals surface area (Å²) in [7, 11) is 1.58. The fourth-order valence-corrected chi connectivity index (χ4v) is 3.92. The lowest BCUT2D eigenvalue weighted by molar-refractivity contribution is -0.131. The maximum atomic E-state index is 13.3. The Morgan fingerprint density at radius 2 is 1.69 bits per heavy atom. The third kappa shape index (κ3) is 5.06. The number of halogens is 1. The number of esters is 1. The Morgan fingerprint density at radius 1 is 0.969 bits per heavy atom. The molecule has 1 heterocycles. The van der Waals surface area contributed by atoms with Gasteiger partial charge in [0.2, 0.25) is 0 Å². The molecule has 0 fully saturated rings. The van der Waals surface area contributed by atoms with Gasteiger partial charge in [0.15, 0.2) is 5.82 Å². The molecule has 162 valence electrons. The largest absolute Gasteiger partial charge is 0.497 e. The molecule has 4 rings (SSSR count). The lowest BCUT2D eigenvalue weighted by atomic mass is 10.1. The monoisotopic (exact) mass is 448 g/mol. The van der Waals surface area contributed by atoms with Gasteiger partial charge in [-0.25, -0.2) is 14.4 Å². The summed E-state index contributed by atoms with van der Waals surface area (Å²) in [6.45, 7) is 2.08. The van der Waals surface area contributed by atoms with Gasteiger partial charge in [-0.15, -0.1) is 0 Å². The summed E-state index contributed by atoms with van der Waals surface area (Å²) in [5, 5.41) is 1.55. The predicted octanol–water partition coefficient (Wildman–Crippen LogP) is 5.70. The summed E-state index contributed by atoms with van der Waals surface area (Å²) in [6, 6.07) is 18.9. The highest BCUT2D eigenvalue weighted by Gasteiger charge is 2.14. The Hall–Kier alpha value is -3.45. The minimum Gasteiger partial charge on any atom is -0.497 e. The van der Waals surface area contributed by atoms with Crippen LogP contribution in [0.4, 0.5) is 4.39 Å². The number of thioether (sulfide) groups is 1. The number of rotatable bonds is 7. The molecule has 0 bridgehead atoms. The van der Waals surface area contributed by atoms with E-state index in [9.17, 15) is 9.18 Å². The highest BCUT2D eigenvalue weighted by Crippen LogP contribution is 2.30. The van der Waals surface area contributed by atoms with Crippen LogP contribution < -0.4 is 9.47 Å². The molecule has 32 heavy (non-hydrogen) atoms. The lowest BCUT2D eigenvalue weighted by Gasteiger charge is -2.10.